The van der Waals surface area contributed by atoms with E-state index >= 15 is 0 Å². The van der Waals surface area contributed by atoms with Crippen LogP contribution in [0.1, 0.15) is 15.9 Å². The first-order valence-electron chi connectivity index (χ1n) is 8.77. The number of halogens is 1. The molecule has 6 heteroatoms. The van der Waals surface area contributed by atoms with Crippen LogP contribution in [0, 0.1) is 0 Å². The van der Waals surface area contributed by atoms with E-state index in [0.29, 0.717) is 24.5 Å². The number of amides is 1. The van der Waals surface area contributed by atoms with Crippen LogP contribution >= 0.6 is 15.9 Å². The molecule has 1 fully saturated rings. The third-order valence-electron chi connectivity index (χ3n) is 4.29. The van der Waals surface area contributed by atoms with Crippen LogP contribution < -0.4 is 10.1 Å². The predicted molar refractivity (Wildman–Crippen MR) is 105 cm³/mol. The molecule has 0 unspecified atom stereocenters. The Morgan fingerprint density at radius 2 is 1.85 bits per heavy atom. The maximum absolute atomic E-state index is 12.5. The second kappa shape index (κ2) is 9.71. The molecule has 0 spiro atoms. The van der Waals surface area contributed by atoms with Gasteiger partial charge in [-0.1, -0.05) is 46.3 Å². The zero-order valence-electron chi connectivity index (χ0n) is 14.6. The van der Waals surface area contributed by atoms with Crippen molar-refractivity contribution in [2.75, 3.05) is 39.4 Å². The molecule has 0 aliphatic carbocycles. The fraction of sp³-hybridized carbons (Fsp3) is 0.350. The third-order valence-corrected chi connectivity index (χ3v) is 5.06. The first-order valence-corrected chi connectivity index (χ1v) is 9.57. The SMILES string of the molecule is O=C(NCCN1CCOCC1)c1ccccc1OCc1ccccc1Br. The van der Waals surface area contributed by atoms with Crippen molar-refractivity contribution in [3.05, 3.63) is 64.1 Å². The Kier molecular flexibility index (Phi) is 7.05. The van der Waals surface area contributed by atoms with Crippen molar-refractivity contribution in [2.24, 2.45) is 0 Å². The van der Waals surface area contributed by atoms with Crippen LogP contribution in [-0.4, -0.2) is 50.2 Å². The van der Waals surface area contributed by atoms with Crippen molar-refractivity contribution >= 4 is 21.8 Å². The predicted octanol–water partition coefficient (Wildman–Crippen LogP) is 3.09. The number of ether oxygens (including phenoxy) is 2. The molecule has 138 valence electrons. The van der Waals surface area contributed by atoms with Gasteiger partial charge in [0.05, 0.1) is 18.8 Å². The molecule has 1 aliphatic heterocycles. The molecule has 0 radical (unpaired) electrons. The van der Waals surface area contributed by atoms with Crippen LogP contribution in [0.2, 0.25) is 0 Å². The lowest BCUT2D eigenvalue weighted by Crippen LogP contribution is -2.41. The standard InChI is InChI=1S/C20H23BrN2O3/c21-18-7-3-1-5-16(18)15-26-19-8-4-2-6-17(19)20(24)22-9-10-23-11-13-25-14-12-23/h1-8H,9-15H2,(H,22,24). The molecule has 1 heterocycles. The quantitative estimate of drug-likeness (QED) is 0.750. The summed E-state index contributed by atoms with van der Waals surface area (Å²) >= 11 is 3.52. The number of hydrogen-bond acceptors (Lipinski definition) is 4. The highest BCUT2D eigenvalue weighted by atomic mass is 79.9. The number of hydrogen-bond donors (Lipinski definition) is 1. The summed E-state index contributed by atoms with van der Waals surface area (Å²) in [5.41, 5.74) is 1.59. The number of carbonyl (C=O) groups excluding carboxylic acids is 1. The van der Waals surface area contributed by atoms with Crippen molar-refractivity contribution < 1.29 is 14.3 Å². The van der Waals surface area contributed by atoms with E-state index in [1.54, 1.807) is 6.07 Å². The average molecular weight is 419 g/mol. The van der Waals surface area contributed by atoms with E-state index in [9.17, 15) is 4.79 Å². The lowest BCUT2D eigenvalue weighted by molar-refractivity contribution is 0.0383. The Balaban J connectivity index is 1.55. The largest absolute Gasteiger partial charge is 0.488 e. The number of morpholine rings is 1. The molecule has 26 heavy (non-hydrogen) atoms. The van der Waals surface area contributed by atoms with E-state index in [2.05, 4.69) is 26.1 Å². The number of rotatable bonds is 7. The fourth-order valence-corrected chi connectivity index (χ4v) is 3.20. The molecule has 0 bridgehead atoms. The van der Waals surface area contributed by atoms with Crippen LogP contribution in [-0.2, 0) is 11.3 Å². The van der Waals surface area contributed by atoms with Crippen molar-refractivity contribution in [1.29, 1.82) is 0 Å². The summed E-state index contributed by atoms with van der Waals surface area (Å²) in [5, 5.41) is 2.99. The van der Waals surface area contributed by atoms with Gasteiger partial charge in [0.25, 0.3) is 5.91 Å². The Morgan fingerprint density at radius 3 is 2.65 bits per heavy atom. The van der Waals surface area contributed by atoms with Gasteiger partial charge >= 0.3 is 0 Å². The molecule has 5 nitrogen and oxygen atoms in total. The lowest BCUT2D eigenvalue weighted by atomic mass is 10.2. The molecular formula is C20H23BrN2O3. The molecule has 1 N–H and O–H groups in total. The van der Waals surface area contributed by atoms with Gasteiger partial charge in [-0.3, -0.25) is 9.69 Å². The maximum Gasteiger partial charge on any atom is 0.255 e. The molecule has 0 saturated carbocycles. The zero-order valence-corrected chi connectivity index (χ0v) is 16.2. The van der Waals surface area contributed by atoms with Gasteiger partial charge in [-0.05, 0) is 18.2 Å². The maximum atomic E-state index is 12.5. The van der Waals surface area contributed by atoms with Gasteiger partial charge in [-0.15, -0.1) is 0 Å². The summed E-state index contributed by atoms with van der Waals surface area (Å²) < 4.78 is 12.2. The van der Waals surface area contributed by atoms with Gasteiger partial charge in [-0.2, -0.15) is 0 Å². The van der Waals surface area contributed by atoms with E-state index < -0.39 is 0 Å². The number of benzene rings is 2. The first kappa shape index (κ1) is 18.9. The minimum absolute atomic E-state index is 0.110. The highest BCUT2D eigenvalue weighted by Gasteiger charge is 2.14. The summed E-state index contributed by atoms with van der Waals surface area (Å²) in [6.07, 6.45) is 0. The Bertz CT molecular complexity index is 733. The van der Waals surface area contributed by atoms with E-state index in [1.165, 1.54) is 0 Å². The van der Waals surface area contributed by atoms with E-state index in [0.717, 1.165) is 42.9 Å². The van der Waals surface area contributed by atoms with Crippen molar-refractivity contribution in [3.8, 4) is 5.75 Å². The zero-order chi connectivity index (χ0) is 18.2. The van der Waals surface area contributed by atoms with Gasteiger partial charge in [-0.25, -0.2) is 0 Å². The third kappa shape index (κ3) is 5.30. The molecule has 0 atom stereocenters. The minimum atomic E-state index is -0.110. The molecule has 1 saturated heterocycles. The number of carbonyl (C=O) groups is 1. The first-order chi connectivity index (χ1) is 12.7. The molecule has 2 aromatic carbocycles. The van der Waals surface area contributed by atoms with Crippen LogP contribution in [0.4, 0.5) is 0 Å². The van der Waals surface area contributed by atoms with Crippen molar-refractivity contribution in [3.63, 3.8) is 0 Å². The van der Waals surface area contributed by atoms with Crippen LogP contribution in [0.25, 0.3) is 0 Å². The fourth-order valence-electron chi connectivity index (χ4n) is 2.80. The normalized spacial score (nSPS) is 14.8. The monoisotopic (exact) mass is 418 g/mol. The van der Waals surface area contributed by atoms with Crippen molar-refractivity contribution in [1.82, 2.24) is 10.2 Å². The van der Waals surface area contributed by atoms with E-state index in [1.807, 2.05) is 42.5 Å². The van der Waals surface area contributed by atoms with Crippen molar-refractivity contribution in [2.45, 2.75) is 6.61 Å². The summed E-state index contributed by atoms with van der Waals surface area (Å²) in [7, 11) is 0. The second-order valence-electron chi connectivity index (χ2n) is 6.09. The van der Waals surface area contributed by atoms with Crippen LogP contribution in [0.3, 0.4) is 0 Å². The summed E-state index contributed by atoms with van der Waals surface area (Å²) in [4.78, 5) is 14.8. The lowest BCUT2D eigenvalue weighted by Gasteiger charge is -2.26. The van der Waals surface area contributed by atoms with E-state index in [-0.39, 0.29) is 5.91 Å². The van der Waals surface area contributed by atoms with Gasteiger partial charge in [0.15, 0.2) is 0 Å². The number of para-hydroxylation sites is 1. The second-order valence-corrected chi connectivity index (χ2v) is 6.94. The topological polar surface area (TPSA) is 50.8 Å². The molecule has 1 amide bonds. The van der Waals surface area contributed by atoms with Gasteiger partial charge in [0.1, 0.15) is 12.4 Å². The molecule has 1 aliphatic rings. The highest BCUT2D eigenvalue weighted by Crippen LogP contribution is 2.22. The molecule has 0 aromatic heterocycles. The molecular weight excluding hydrogens is 396 g/mol. The molecule has 3 rings (SSSR count). The minimum Gasteiger partial charge on any atom is -0.488 e. The number of nitrogens with zero attached hydrogens (tertiary/aromatic N) is 1. The summed E-state index contributed by atoms with van der Waals surface area (Å²) in [6.45, 7) is 5.20. The van der Waals surface area contributed by atoms with Gasteiger partial charge in [0.2, 0.25) is 0 Å². The smallest absolute Gasteiger partial charge is 0.255 e. The highest BCUT2D eigenvalue weighted by molar-refractivity contribution is 9.10. The van der Waals surface area contributed by atoms with Gasteiger partial charge < -0.3 is 14.8 Å². The molecule has 2 aromatic rings. The van der Waals surface area contributed by atoms with E-state index in [4.69, 9.17) is 9.47 Å². The average Bonchev–Trinajstić information content (AvgIpc) is 2.68. The number of nitrogens with one attached hydrogen (secondary N) is 1. The Labute approximate surface area is 162 Å². The Morgan fingerprint density at radius 1 is 1.12 bits per heavy atom. The summed E-state index contributed by atoms with van der Waals surface area (Å²) in [5.74, 6) is 0.480. The van der Waals surface area contributed by atoms with Crippen LogP contribution in [0.5, 0.6) is 5.75 Å². The summed E-state index contributed by atoms with van der Waals surface area (Å²) in [6, 6.07) is 15.2. The Hall–Kier alpha value is -1.89. The van der Waals surface area contributed by atoms with Crippen LogP contribution in [0.15, 0.2) is 53.0 Å². The van der Waals surface area contributed by atoms with Gasteiger partial charge in [0, 0.05) is 36.2 Å².